The van der Waals surface area contributed by atoms with Gasteiger partial charge < -0.3 is 14.6 Å². The molecule has 5 heteroatoms. The summed E-state index contributed by atoms with van der Waals surface area (Å²) < 4.78 is 10.8. The highest BCUT2D eigenvalue weighted by atomic mass is 16.5. The van der Waals surface area contributed by atoms with Crippen molar-refractivity contribution < 1.29 is 9.26 Å². The van der Waals surface area contributed by atoms with Crippen LogP contribution in [0.15, 0.2) is 4.52 Å². The summed E-state index contributed by atoms with van der Waals surface area (Å²) in [5.74, 6) is 2.74. The van der Waals surface area contributed by atoms with E-state index in [2.05, 4.69) is 15.5 Å². The van der Waals surface area contributed by atoms with Crippen molar-refractivity contribution in [2.75, 3.05) is 13.2 Å². The zero-order valence-electron chi connectivity index (χ0n) is 10.5. The van der Waals surface area contributed by atoms with Crippen molar-refractivity contribution in [3.8, 4) is 0 Å². The van der Waals surface area contributed by atoms with Gasteiger partial charge in [0, 0.05) is 31.7 Å². The van der Waals surface area contributed by atoms with E-state index in [-0.39, 0.29) is 0 Å². The van der Waals surface area contributed by atoms with Gasteiger partial charge in [0.05, 0.1) is 5.92 Å². The van der Waals surface area contributed by atoms with Crippen molar-refractivity contribution in [1.29, 1.82) is 0 Å². The van der Waals surface area contributed by atoms with Gasteiger partial charge in [-0.15, -0.1) is 0 Å². The van der Waals surface area contributed by atoms with Gasteiger partial charge in [0.2, 0.25) is 5.89 Å². The van der Waals surface area contributed by atoms with Crippen LogP contribution in [0.5, 0.6) is 0 Å². The highest BCUT2D eigenvalue weighted by Gasteiger charge is 2.42. The molecule has 1 N–H and O–H groups in total. The maximum absolute atomic E-state index is 5.47. The summed E-state index contributed by atoms with van der Waals surface area (Å²) in [5, 5.41) is 7.75. The summed E-state index contributed by atoms with van der Waals surface area (Å²) in [6.07, 6.45) is 5.75. The molecular weight excluding hydrogens is 230 g/mol. The summed E-state index contributed by atoms with van der Waals surface area (Å²) in [7, 11) is 0. The van der Waals surface area contributed by atoms with Crippen LogP contribution in [0.2, 0.25) is 0 Å². The van der Waals surface area contributed by atoms with Crippen LogP contribution < -0.4 is 5.32 Å². The second kappa shape index (κ2) is 4.31. The minimum atomic E-state index is 0.449. The third kappa shape index (κ3) is 1.86. The molecule has 2 bridgehead atoms. The first-order chi connectivity index (χ1) is 8.88. The SMILES string of the molecule is C1CC(Cc2noc(C3CC4CCC3N4)n2)CO1. The Balaban J connectivity index is 1.45. The molecule has 18 heavy (non-hydrogen) atoms. The molecule has 3 fully saturated rings. The highest BCUT2D eigenvalue weighted by molar-refractivity contribution is 5.10. The van der Waals surface area contributed by atoms with Gasteiger partial charge in [-0.2, -0.15) is 4.98 Å². The molecule has 4 heterocycles. The smallest absolute Gasteiger partial charge is 0.231 e. The van der Waals surface area contributed by atoms with E-state index < -0.39 is 0 Å². The zero-order valence-corrected chi connectivity index (χ0v) is 10.5. The lowest BCUT2D eigenvalue weighted by Crippen LogP contribution is -2.21. The van der Waals surface area contributed by atoms with Gasteiger partial charge >= 0.3 is 0 Å². The minimum absolute atomic E-state index is 0.449. The summed E-state index contributed by atoms with van der Waals surface area (Å²) >= 11 is 0. The number of aromatic nitrogens is 2. The zero-order chi connectivity index (χ0) is 11.9. The van der Waals surface area contributed by atoms with Crippen molar-refractivity contribution in [3.05, 3.63) is 11.7 Å². The molecule has 1 aromatic rings. The maximum Gasteiger partial charge on any atom is 0.231 e. The van der Waals surface area contributed by atoms with E-state index in [1.54, 1.807) is 0 Å². The Morgan fingerprint density at radius 1 is 1.28 bits per heavy atom. The number of hydrogen-bond acceptors (Lipinski definition) is 5. The van der Waals surface area contributed by atoms with E-state index >= 15 is 0 Å². The molecule has 98 valence electrons. The van der Waals surface area contributed by atoms with E-state index in [4.69, 9.17) is 9.26 Å². The van der Waals surface area contributed by atoms with Crippen molar-refractivity contribution in [3.63, 3.8) is 0 Å². The van der Waals surface area contributed by atoms with E-state index in [1.807, 2.05) is 0 Å². The van der Waals surface area contributed by atoms with Crippen LogP contribution in [0, 0.1) is 5.92 Å². The van der Waals surface area contributed by atoms with Crippen LogP contribution in [0.25, 0.3) is 0 Å². The summed E-state index contributed by atoms with van der Waals surface area (Å²) in [5.41, 5.74) is 0. The average Bonchev–Trinajstić information content (AvgIpc) is 3.14. The Hall–Kier alpha value is -0.940. The predicted molar refractivity (Wildman–Crippen MR) is 64.2 cm³/mol. The van der Waals surface area contributed by atoms with Crippen molar-refractivity contribution in [2.45, 2.75) is 50.1 Å². The van der Waals surface area contributed by atoms with Gasteiger partial charge in [-0.05, 0) is 31.6 Å². The molecule has 0 radical (unpaired) electrons. The van der Waals surface area contributed by atoms with Crippen LogP contribution >= 0.6 is 0 Å². The Bertz CT molecular complexity index is 428. The number of nitrogens with one attached hydrogen (secondary N) is 1. The van der Waals surface area contributed by atoms with Gasteiger partial charge in [-0.1, -0.05) is 5.16 Å². The largest absolute Gasteiger partial charge is 0.381 e. The van der Waals surface area contributed by atoms with Crippen LogP contribution in [-0.2, 0) is 11.2 Å². The fourth-order valence-electron chi connectivity index (χ4n) is 3.60. The lowest BCUT2D eigenvalue weighted by molar-refractivity contribution is 0.185. The molecule has 4 rings (SSSR count). The van der Waals surface area contributed by atoms with E-state index in [0.717, 1.165) is 37.8 Å². The van der Waals surface area contributed by atoms with E-state index in [1.165, 1.54) is 19.3 Å². The topological polar surface area (TPSA) is 60.2 Å². The van der Waals surface area contributed by atoms with Crippen molar-refractivity contribution in [2.24, 2.45) is 5.92 Å². The number of ether oxygens (including phenoxy) is 1. The third-order valence-corrected chi connectivity index (χ3v) is 4.60. The van der Waals surface area contributed by atoms with Crippen molar-refractivity contribution in [1.82, 2.24) is 15.5 Å². The van der Waals surface area contributed by atoms with Crippen LogP contribution in [-0.4, -0.2) is 35.4 Å². The Kier molecular flexibility index (Phi) is 2.62. The van der Waals surface area contributed by atoms with Gasteiger partial charge in [-0.3, -0.25) is 0 Å². The fourth-order valence-corrected chi connectivity index (χ4v) is 3.60. The fraction of sp³-hybridized carbons (Fsp3) is 0.846. The molecule has 3 saturated heterocycles. The third-order valence-electron chi connectivity index (χ3n) is 4.60. The maximum atomic E-state index is 5.47. The quantitative estimate of drug-likeness (QED) is 0.873. The normalized spacial score (nSPS) is 38.7. The Morgan fingerprint density at radius 3 is 3.00 bits per heavy atom. The van der Waals surface area contributed by atoms with Gasteiger partial charge in [0.1, 0.15) is 0 Å². The standard InChI is InChI=1S/C13H19N3O2/c1-2-11-10(6-9(1)14-11)13-15-12(16-18-13)5-8-3-4-17-7-8/h8-11,14H,1-7H2. The molecule has 0 saturated carbocycles. The molecule has 3 aliphatic rings. The molecule has 0 amide bonds. The molecule has 4 atom stereocenters. The summed E-state index contributed by atoms with van der Waals surface area (Å²) in [6.45, 7) is 1.73. The van der Waals surface area contributed by atoms with Gasteiger partial charge in [0.25, 0.3) is 0 Å². The molecule has 1 aromatic heterocycles. The lowest BCUT2D eigenvalue weighted by Gasteiger charge is -2.15. The van der Waals surface area contributed by atoms with Gasteiger partial charge in [0.15, 0.2) is 5.82 Å². The van der Waals surface area contributed by atoms with Crippen LogP contribution in [0.4, 0.5) is 0 Å². The molecule has 0 aliphatic carbocycles. The molecule has 3 aliphatic heterocycles. The first kappa shape index (κ1) is 10.9. The average molecular weight is 249 g/mol. The number of rotatable bonds is 3. The molecule has 4 unspecified atom stereocenters. The second-order valence-electron chi connectivity index (χ2n) is 5.87. The molecule has 5 nitrogen and oxygen atoms in total. The first-order valence-corrected chi connectivity index (χ1v) is 7.05. The lowest BCUT2D eigenvalue weighted by atomic mass is 9.89. The summed E-state index contributed by atoms with van der Waals surface area (Å²) in [6, 6.07) is 1.25. The highest BCUT2D eigenvalue weighted by Crippen LogP contribution is 2.39. The first-order valence-electron chi connectivity index (χ1n) is 7.05. The molecule has 0 spiro atoms. The summed E-state index contributed by atoms with van der Waals surface area (Å²) in [4.78, 5) is 4.60. The molecular formula is C13H19N3O2. The Morgan fingerprint density at radius 2 is 2.28 bits per heavy atom. The minimum Gasteiger partial charge on any atom is -0.381 e. The number of hydrogen-bond donors (Lipinski definition) is 1. The number of nitrogens with zero attached hydrogens (tertiary/aromatic N) is 2. The van der Waals surface area contributed by atoms with E-state index in [0.29, 0.717) is 23.9 Å². The van der Waals surface area contributed by atoms with Crippen molar-refractivity contribution >= 4 is 0 Å². The van der Waals surface area contributed by atoms with Gasteiger partial charge in [-0.25, -0.2) is 0 Å². The molecule has 0 aromatic carbocycles. The predicted octanol–water partition coefficient (Wildman–Crippen LogP) is 1.26. The second-order valence-corrected chi connectivity index (χ2v) is 5.87. The monoisotopic (exact) mass is 249 g/mol. The van der Waals surface area contributed by atoms with Crippen LogP contribution in [0.3, 0.4) is 0 Å². The number of fused-ring (bicyclic) bond motifs is 2. The van der Waals surface area contributed by atoms with Crippen LogP contribution in [0.1, 0.15) is 43.3 Å². The van der Waals surface area contributed by atoms with E-state index in [9.17, 15) is 0 Å². The Labute approximate surface area is 106 Å².